The van der Waals surface area contributed by atoms with Gasteiger partial charge in [0, 0.05) is 19.7 Å². The molecule has 2 heterocycles. The van der Waals surface area contributed by atoms with Gasteiger partial charge in [-0.15, -0.1) is 0 Å². The molecule has 0 aromatic rings. The number of hydrogen-bond donors (Lipinski definition) is 2. The van der Waals surface area contributed by atoms with Crippen LogP contribution in [0.2, 0.25) is 0 Å². The molecule has 2 aliphatic rings. The van der Waals surface area contributed by atoms with E-state index in [1.807, 2.05) is 0 Å². The van der Waals surface area contributed by atoms with Gasteiger partial charge in [-0.2, -0.15) is 0 Å². The number of hydrogen-bond acceptors (Lipinski definition) is 4. The number of carboxylic acid groups (broad SMARTS) is 1. The van der Waals surface area contributed by atoms with E-state index < -0.39 is 12.1 Å². The average Bonchev–Trinajstić information content (AvgIpc) is 2.46. The Labute approximate surface area is 111 Å². The van der Waals surface area contributed by atoms with Crippen molar-refractivity contribution in [1.29, 1.82) is 0 Å². The first-order valence-corrected chi connectivity index (χ1v) is 6.61. The fourth-order valence-electron chi connectivity index (χ4n) is 2.29. The molecule has 0 bridgehead atoms. The quantitative estimate of drug-likeness (QED) is 0.749. The maximum atomic E-state index is 11.9. The summed E-state index contributed by atoms with van der Waals surface area (Å²) < 4.78 is 10.4. The Balaban J connectivity index is 1.74. The average molecular weight is 272 g/mol. The van der Waals surface area contributed by atoms with Crippen LogP contribution in [0.3, 0.4) is 0 Å². The molecule has 7 nitrogen and oxygen atoms in total. The van der Waals surface area contributed by atoms with Crippen LogP contribution in [0.15, 0.2) is 0 Å². The highest BCUT2D eigenvalue weighted by atomic mass is 16.5. The van der Waals surface area contributed by atoms with E-state index >= 15 is 0 Å². The monoisotopic (exact) mass is 272 g/mol. The number of carboxylic acids is 1. The van der Waals surface area contributed by atoms with Crippen LogP contribution in [0.4, 0.5) is 4.79 Å². The Morgan fingerprint density at radius 2 is 2.21 bits per heavy atom. The molecule has 2 N–H and O–H groups in total. The molecule has 7 heteroatoms. The second-order valence-electron chi connectivity index (χ2n) is 4.91. The molecular weight excluding hydrogens is 252 g/mol. The van der Waals surface area contributed by atoms with Crippen LogP contribution in [-0.2, 0) is 14.3 Å². The van der Waals surface area contributed by atoms with Crippen molar-refractivity contribution < 1.29 is 24.2 Å². The largest absolute Gasteiger partial charge is 0.479 e. The summed E-state index contributed by atoms with van der Waals surface area (Å²) >= 11 is 0. The summed E-state index contributed by atoms with van der Waals surface area (Å²) in [6.07, 6.45) is 1.16. The fourth-order valence-corrected chi connectivity index (χ4v) is 2.29. The van der Waals surface area contributed by atoms with Crippen molar-refractivity contribution in [2.24, 2.45) is 5.92 Å². The number of carbonyl (C=O) groups is 2. The maximum absolute atomic E-state index is 11.9. The molecule has 2 amide bonds. The van der Waals surface area contributed by atoms with Gasteiger partial charge in [-0.1, -0.05) is 0 Å². The third-order valence-corrected chi connectivity index (χ3v) is 3.43. The van der Waals surface area contributed by atoms with Crippen molar-refractivity contribution in [1.82, 2.24) is 10.2 Å². The molecule has 2 unspecified atom stereocenters. The number of morpholine rings is 1. The van der Waals surface area contributed by atoms with Gasteiger partial charge >= 0.3 is 12.0 Å². The van der Waals surface area contributed by atoms with Crippen LogP contribution in [0, 0.1) is 5.92 Å². The molecule has 2 rings (SSSR count). The smallest absolute Gasteiger partial charge is 0.334 e. The number of carbonyl (C=O) groups excluding carboxylic acids is 1. The number of rotatable bonds is 3. The second kappa shape index (κ2) is 6.72. The van der Waals surface area contributed by atoms with Gasteiger partial charge in [-0.25, -0.2) is 9.59 Å². The summed E-state index contributed by atoms with van der Waals surface area (Å²) in [5.74, 6) is -0.674. The summed E-state index contributed by atoms with van der Waals surface area (Å²) in [6, 6.07) is -0.222. The topological polar surface area (TPSA) is 88.1 Å². The van der Waals surface area contributed by atoms with E-state index in [-0.39, 0.29) is 19.2 Å². The van der Waals surface area contributed by atoms with Crippen molar-refractivity contribution in [3.05, 3.63) is 0 Å². The molecule has 0 saturated carbocycles. The number of nitrogens with zero attached hydrogens (tertiary/aromatic N) is 1. The third kappa shape index (κ3) is 4.07. The highest BCUT2D eigenvalue weighted by molar-refractivity contribution is 5.77. The van der Waals surface area contributed by atoms with Gasteiger partial charge in [-0.05, 0) is 18.8 Å². The maximum Gasteiger partial charge on any atom is 0.334 e. The minimum Gasteiger partial charge on any atom is -0.479 e. The number of ether oxygens (including phenoxy) is 2. The summed E-state index contributed by atoms with van der Waals surface area (Å²) in [6.45, 7) is 2.85. The Kier molecular flexibility index (Phi) is 4.98. The lowest BCUT2D eigenvalue weighted by molar-refractivity contribution is -0.154. The first kappa shape index (κ1) is 14.1. The van der Waals surface area contributed by atoms with E-state index in [2.05, 4.69) is 5.32 Å². The molecule has 0 radical (unpaired) electrons. The van der Waals surface area contributed by atoms with Crippen LogP contribution < -0.4 is 5.32 Å². The van der Waals surface area contributed by atoms with E-state index in [4.69, 9.17) is 14.6 Å². The zero-order valence-electron chi connectivity index (χ0n) is 10.8. The molecule has 0 aliphatic carbocycles. The Hall–Kier alpha value is -1.34. The predicted molar refractivity (Wildman–Crippen MR) is 65.9 cm³/mol. The van der Waals surface area contributed by atoms with Crippen LogP contribution in [-0.4, -0.2) is 67.6 Å². The zero-order valence-corrected chi connectivity index (χ0v) is 10.8. The fraction of sp³-hybridized carbons (Fsp3) is 0.833. The van der Waals surface area contributed by atoms with Crippen molar-refractivity contribution in [2.45, 2.75) is 18.9 Å². The van der Waals surface area contributed by atoms with Crippen LogP contribution in [0.1, 0.15) is 12.8 Å². The van der Waals surface area contributed by atoms with Crippen molar-refractivity contribution in [3.63, 3.8) is 0 Å². The molecule has 19 heavy (non-hydrogen) atoms. The van der Waals surface area contributed by atoms with Crippen LogP contribution in [0.25, 0.3) is 0 Å². The number of amides is 2. The van der Waals surface area contributed by atoms with Crippen LogP contribution in [0.5, 0.6) is 0 Å². The van der Waals surface area contributed by atoms with E-state index in [1.165, 1.54) is 4.90 Å². The van der Waals surface area contributed by atoms with Gasteiger partial charge in [0.25, 0.3) is 0 Å². The Morgan fingerprint density at radius 3 is 2.89 bits per heavy atom. The van der Waals surface area contributed by atoms with Gasteiger partial charge < -0.3 is 24.8 Å². The first-order valence-electron chi connectivity index (χ1n) is 6.61. The van der Waals surface area contributed by atoms with Gasteiger partial charge in [-0.3, -0.25) is 0 Å². The lowest BCUT2D eigenvalue weighted by atomic mass is 10.0. The number of urea groups is 1. The Morgan fingerprint density at radius 1 is 1.37 bits per heavy atom. The standard InChI is InChI=1S/C12H20N2O5/c15-11(16)10-7-14(3-5-19-10)12(17)13-6-9-2-1-4-18-8-9/h9-10H,1-8H2,(H,13,17)(H,15,16). The predicted octanol–water partition coefficient (Wildman–Crippen LogP) is -0.0920. The number of nitrogens with one attached hydrogen (secondary N) is 1. The highest BCUT2D eigenvalue weighted by Gasteiger charge is 2.29. The molecule has 0 aromatic carbocycles. The zero-order chi connectivity index (χ0) is 13.7. The summed E-state index contributed by atoms with van der Waals surface area (Å²) in [7, 11) is 0. The van der Waals surface area contributed by atoms with Gasteiger partial charge in [0.2, 0.25) is 0 Å². The molecular formula is C12H20N2O5. The summed E-state index contributed by atoms with van der Waals surface area (Å²) in [5.41, 5.74) is 0. The second-order valence-corrected chi connectivity index (χ2v) is 4.91. The van der Waals surface area contributed by atoms with Crippen molar-refractivity contribution in [2.75, 3.05) is 39.5 Å². The van der Waals surface area contributed by atoms with Gasteiger partial charge in [0.15, 0.2) is 6.10 Å². The Bertz CT molecular complexity index is 330. The molecule has 2 saturated heterocycles. The first-order chi connectivity index (χ1) is 9.16. The molecule has 108 valence electrons. The lowest BCUT2D eigenvalue weighted by Crippen LogP contribution is -2.52. The highest BCUT2D eigenvalue weighted by Crippen LogP contribution is 2.12. The molecule has 0 aromatic heterocycles. The molecule has 2 atom stereocenters. The van der Waals surface area contributed by atoms with Crippen molar-refractivity contribution >= 4 is 12.0 Å². The third-order valence-electron chi connectivity index (χ3n) is 3.43. The van der Waals surface area contributed by atoms with Crippen molar-refractivity contribution in [3.8, 4) is 0 Å². The molecule has 2 aliphatic heterocycles. The normalized spacial score (nSPS) is 27.9. The van der Waals surface area contributed by atoms with E-state index in [0.717, 1.165) is 19.4 Å². The van der Waals surface area contributed by atoms with E-state index in [9.17, 15) is 9.59 Å². The summed E-state index contributed by atoms with van der Waals surface area (Å²) in [4.78, 5) is 24.3. The lowest BCUT2D eigenvalue weighted by Gasteiger charge is -2.31. The van der Waals surface area contributed by atoms with E-state index in [0.29, 0.717) is 25.6 Å². The minimum atomic E-state index is -1.03. The minimum absolute atomic E-state index is 0.0995. The van der Waals surface area contributed by atoms with Crippen LogP contribution >= 0.6 is 0 Å². The summed E-state index contributed by atoms with van der Waals surface area (Å²) in [5, 5.41) is 11.7. The SMILES string of the molecule is O=C(O)C1CN(C(=O)NCC2CCCOC2)CCO1. The molecule has 2 fully saturated rings. The van der Waals surface area contributed by atoms with Gasteiger partial charge in [0.05, 0.1) is 19.8 Å². The molecule has 0 spiro atoms. The number of aliphatic carboxylic acids is 1. The van der Waals surface area contributed by atoms with E-state index in [1.54, 1.807) is 0 Å². The van der Waals surface area contributed by atoms with Gasteiger partial charge in [0.1, 0.15) is 0 Å².